The molecule has 4 aliphatic rings. The maximum Gasteiger partial charge on any atom is 0.431 e. The number of rotatable bonds is 4. The molecule has 3 fully saturated rings. The molecule has 33 heavy (non-hydrogen) atoms. The summed E-state index contributed by atoms with van der Waals surface area (Å²) in [7, 11) is -5.34. The molecule has 176 valence electrons. The molecule has 1 heterocycles. The molecule has 0 radical (unpaired) electrons. The number of halogens is 4. The van der Waals surface area contributed by atoms with E-state index in [1.807, 2.05) is 48.5 Å². The minimum Gasteiger partial charge on any atom is -0.336 e. The Balaban J connectivity index is 1.38. The van der Waals surface area contributed by atoms with Crippen LogP contribution in [0.4, 0.5) is 17.6 Å². The molecule has 0 amide bonds. The van der Waals surface area contributed by atoms with Crippen LogP contribution in [0.15, 0.2) is 48.5 Å². The van der Waals surface area contributed by atoms with Crippen molar-refractivity contribution in [2.24, 2.45) is 17.8 Å². The van der Waals surface area contributed by atoms with Gasteiger partial charge in [-0.2, -0.15) is 26.0 Å². The van der Waals surface area contributed by atoms with Gasteiger partial charge in [0.15, 0.2) is 0 Å². The highest BCUT2D eigenvalue weighted by Crippen LogP contribution is 2.65. The lowest BCUT2D eigenvalue weighted by atomic mass is 9.81. The average molecular weight is 484 g/mol. The monoisotopic (exact) mass is 484 g/mol. The van der Waals surface area contributed by atoms with E-state index in [1.165, 1.54) is 0 Å². The number of benzene rings is 2. The van der Waals surface area contributed by atoms with Crippen LogP contribution in [-0.4, -0.2) is 38.9 Å². The van der Waals surface area contributed by atoms with Gasteiger partial charge in [-0.15, -0.1) is 0 Å². The SMILES string of the molecule is COS(=O)(=O)C(F)(F)C(F)(F)C1CC2CC1C1OC3(OC21)c1ccccc1-c1ccccc13. The first-order valence-corrected chi connectivity index (χ1v) is 12.1. The van der Waals surface area contributed by atoms with Crippen molar-refractivity contribution in [1.82, 2.24) is 0 Å². The smallest absolute Gasteiger partial charge is 0.336 e. The van der Waals surface area contributed by atoms with E-state index in [9.17, 15) is 17.2 Å². The molecule has 3 aliphatic carbocycles. The van der Waals surface area contributed by atoms with E-state index >= 15 is 8.78 Å². The number of hydrogen-bond acceptors (Lipinski definition) is 5. The topological polar surface area (TPSA) is 61.8 Å². The van der Waals surface area contributed by atoms with Crippen LogP contribution in [0.5, 0.6) is 0 Å². The Morgan fingerprint density at radius 3 is 2.03 bits per heavy atom. The predicted molar refractivity (Wildman–Crippen MR) is 108 cm³/mol. The summed E-state index contributed by atoms with van der Waals surface area (Å²) in [6.07, 6.45) is -1.48. The maximum atomic E-state index is 15.0. The van der Waals surface area contributed by atoms with Gasteiger partial charge in [-0.05, 0) is 35.8 Å². The van der Waals surface area contributed by atoms with Crippen LogP contribution in [0.25, 0.3) is 11.1 Å². The van der Waals surface area contributed by atoms with Crippen molar-refractivity contribution < 1.29 is 39.6 Å². The molecule has 2 aromatic carbocycles. The van der Waals surface area contributed by atoms with Crippen molar-refractivity contribution in [2.75, 3.05) is 7.11 Å². The molecule has 0 N–H and O–H groups in total. The fourth-order valence-corrected chi connectivity index (χ4v) is 6.99. The lowest BCUT2D eigenvalue weighted by Crippen LogP contribution is -2.55. The molecule has 5 nitrogen and oxygen atoms in total. The summed E-state index contributed by atoms with van der Waals surface area (Å²) in [6, 6.07) is 15.0. The Morgan fingerprint density at radius 2 is 1.45 bits per heavy atom. The zero-order valence-corrected chi connectivity index (χ0v) is 18.2. The van der Waals surface area contributed by atoms with Crippen LogP contribution >= 0.6 is 0 Å². The summed E-state index contributed by atoms with van der Waals surface area (Å²) in [6.45, 7) is 0. The largest absolute Gasteiger partial charge is 0.431 e. The van der Waals surface area contributed by atoms with Crippen LogP contribution in [0.3, 0.4) is 0 Å². The Labute approximate surface area is 187 Å². The van der Waals surface area contributed by atoms with Gasteiger partial charge in [0, 0.05) is 17.0 Å². The molecule has 6 rings (SSSR count). The van der Waals surface area contributed by atoms with Crippen molar-refractivity contribution in [3.05, 3.63) is 59.7 Å². The van der Waals surface area contributed by atoms with Gasteiger partial charge in [-0.3, -0.25) is 4.18 Å². The van der Waals surface area contributed by atoms with E-state index in [-0.39, 0.29) is 12.8 Å². The van der Waals surface area contributed by atoms with E-state index in [1.54, 1.807) is 0 Å². The third-order valence-corrected chi connectivity index (χ3v) is 9.04. The van der Waals surface area contributed by atoms with Gasteiger partial charge in [0.05, 0.1) is 19.3 Å². The van der Waals surface area contributed by atoms with Crippen molar-refractivity contribution in [2.45, 2.75) is 42.0 Å². The minimum atomic E-state index is -5.79. The van der Waals surface area contributed by atoms with Gasteiger partial charge in [0.1, 0.15) is 0 Å². The lowest BCUT2D eigenvalue weighted by Gasteiger charge is -2.37. The Hall–Kier alpha value is -2.01. The van der Waals surface area contributed by atoms with Crippen LogP contribution in [0.1, 0.15) is 24.0 Å². The highest BCUT2D eigenvalue weighted by Gasteiger charge is 2.76. The molecular weight excluding hydrogens is 464 g/mol. The molecular formula is C23H20F4O5S. The highest BCUT2D eigenvalue weighted by molar-refractivity contribution is 7.87. The van der Waals surface area contributed by atoms with Gasteiger partial charge in [-0.1, -0.05) is 48.5 Å². The Morgan fingerprint density at radius 1 is 0.909 bits per heavy atom. The molecule has 2 bridgehead atoms. The molecule has 1 spiro atoms. The molecule has 2 aromatic rings. The average Bonchev–Trinajstić information content (AvgIpc) is 3.54. The Bertz CT molecular complexity index is 1200. The number of alkyl halides is 4. The number of hydrogen-bond donors (Lipinski definition) is 0. The second-order valence-electron chi connectivity index (χ2n) is 9.14. The molecule has 1 saturated heterocycles. The lowest BCUT2D eigenvalue weighted by molar-refractivity contribution is -0.213. The van der Waals surface area contributed by atoms with E-state index < -0.39 is 57.0 Å². The molecule has 1 aliphatic heterocycles. The van der Waals surface area contributed by atoms with Gasteiger partial charge in [0.2, 0.25) is 5.79 Å². The second kappa shape index (κ2) is 6.56. The first-order valence-electron chi connectivity index (χ1n) is 10.7. The van der Waals surface area contributed by atoms with Crippen molar-refractivity contribution in [3.8, 4) is 11.1 Å². The van der Waals surface area contributed by atoms with Crippen LogP contribution < -0.4 is 0 Å². The van der Waals surface area contributed by atoms with Crippen LogP contribution in [0, 0.1) is 17.8 Å². The summed E-state index contributed by atoms with van der Waals surface area (Å²) < 4.78 is 98.9. The molecule has 10 heteroatoms. The fourth-order valence-electron chi connectivity index (χ4n) is 6.30. The van der Waals surface area contributed by atoms with Gasteiger partial charge >= 0.3 is 21.3 Å². The van der Waals surface area contributed by atoms with Crippen molar-refractivity contribution in [3.63, 3.8) is 0 Å². The standard InChI is InChI=1S/C23H20F4O5S/c1-30-33(28,29)23(26,27)22(24,25)18-11-12-10-15(18)20-19(12)31-21(32-20)16-8-4-2-6-13(16)14-7-3-5-9-17(14)21/h2-9,12,15,18-20H,10-11H2,1H3. The first kappa shape index (κ1) is 21.5. The van der Waals surface area contributed by atoms with Crippen molar-refractivity contribution in [1.29, 1.82) is 0 Å². The highest BCUT2D eigenvalue weighted by atomic mass is 32.2. The second-order valence-corrected chi connectivity index (χ2v) is 10.9. The fraction of sp³-hybridized carbons (Fsp3) is 0.478. The molecule has 2 saturated carbocycles. The van der Waals surface area contributed by atoms with Gasteiger partial charge in [-0.25, -0.2) is 0 Å². The van der Waals surface area contributed by atoms with E-state index in [2.05, 4.69) is 4.18 Å². The number of fused-ring (bicyclic) bond motifs is 10. The zero-order chi connectivity index (χ0) is 23.4. The summed E-state index contributed by atoms with van der Waals surface area (Å²) >= 11 is 0. The third kappa shape index (κ3) is 2.50. The first-order chi connectivity index (χ1) is 15.5. The summed E-state index contributed by atoms with van der Waals surface area (Å²) in [5.74, 6) is -9.43. The van der Waals surface area contributed by atoms with Gasteiger partial charge < -0.3 is 9.47 Å². The quantitative estimate of drug-likeness (QED) is 0.472. The predicted octanol–water partition coefficient (Wildman–Crippen LogP) is 4.51. The Kier molecular flexibility index (Phi) is 4.28. The van der Waals surface area contributed by atoms with E-state index in [0.29, 0.717) is 7.11 Å². The summed E-state index contributed by atoms with van der Waals surface area (Å²) in [5, 5.41) is -5.36. The summed E-state index contributed by atoms with van der Waals surface area (Å²) in [5.41, 5.74) is 3.30. The van der Waals surface area contributed by atoms with E-state index in [4.69, 9.17) is 9.47 Å². The van der Waals surface area contributed by atoms with Crippen molar-refractivity contribution >= 4 is 10.1 Å². The normalized spacial score (nSPS) is 31.6. The minimum absolute atomic E-state index is 0.206. The van der Waals surface area contributed by atoms with Crippen LogP contribution in [0.2, 0.25) is 0 Å². The van der Waals surface area contributed by atoms with Gasteiger partial charge in [0.25, 0.3) is 0 Å². The molecule has 5 atom stereocenters. The van der Waals surface area contributed by atoms with E-state index in [0.717, 1.165) is 22.3 Å². The molecule has 5 unspecified atom stereocenters. The number of ether oxygens (including phenoxy) is 2. The maximum absolute atomic E-state index is 15.0. The molecule has 0 aromatic heterocycles. The summed E-state index contributed by atoms with van der Waals surface area (Å²) in [4.78, 5) is 0. The van der Waals surface area contributed by atoms with Crippen LogP contribution in [-0.2, 0) is 29.6 Å². The third-order valence-electron chi connectivity index (χ3n) is 7.70. The zero-order valence-electron chi connectivity index (χ0n) is 17.4.